The third-order valence-corrected chi connectivity index (χ3v) is 8.05. The van der Waals surface area contributed by atoms with Crippen molar-refractivity contribution in [2.45, 2.75) is 27.7 Å². The van der Waals surface area contributed by atoms with Crippen LogP contribution in [0.1, 0.15) is 43.0 Å². The molecule has 0 spiro atoms. The van der Waals surface area contributed by atoms with Gasteiger partial charge in [-0.3, -0.25) is 9.59 Å². The number of aryl methyl sites for hydroxylation is 4. The zero-order valence-corrected chi connectivity index (χ0v) is 22.9. The molecule has 0 saturated heterocycles. The van der Waals surface area contributed by atoms with Gasteiger partial charge in [-0.1, -0.05) is 82.9 Å². The summed E-state index contributed by atoms with van der Waals surface area (Å²) in [6.45, 7) is 8.21. The van der Waals surface area contributed by atoms with Crippen molar-refractivity contribution >= 4 is 45.8 Å². The number of fused-ring (bicyclic) bond motifs is 2. The molecule has 0 aliphatic carbocycles. The lowest BCUT2D eigenvalue weighted by Crippen LogP contribution is -2.40. The number of rotatable bonds is 3. The van der Waals surface area contributed by atoms with E-state index in [4.69, 9.17) is 23.2 Å². The lowest BCUT2D eigenvalue weighted by atomic mass is 9.99. The molecule has 0 saturated carbocycles. The van der Waals surface area contributed by atoms with E-state index in [0.717, 1.165) is 55.5 Å². The van der Waals surface area contributed by atoms with E-state index in [1.54, 1.807) is 4.68 Å². The third-order valence-electron chi connectivity index (χ3n) is 7.32. The molecule has 0 radical (unpaired) electrons. The topological polar surface area (TPSA) is 42.3 Å². The molecular formula is C32H24Cl2N2O2. The molecule has 5 aromatic rings. The Kier molecular flexibility index (Phi) is 5.71. The average molecular weight is 539 g/mol. The summed E-state index contributed by atoms with van der Waals surface area (Å²) in [6, 6.07) is 23.5. The molecule has 1 aliphatic heterocycles. The Morgan fingerprint density at radius 2 is 0.921 bits per heavy atom. The summed E-state index contributed by atoms with van der Waals surface area (Å²) in [5.41, 5.74) is 8.29. The van der Waals surface area contributed by atoms with E-state index in [2.05, 4.69) is 26.0 Å². The predicted octanol–water partition coefficient (Wildman–Crippen LogP) is 8.45. The van der Waals surface area contributed by atoms with Crippen molar-refractivity contribution in [1.82, 2.24) is 4.68 Å². The first-order chi connectivity index (χ1) is 18.2. The molecule has 0 unspecified atom stereocenters. The Morgan fingerprint density at radius 1 is 0.553 bits per heavy atom. The van der Waals surface area contributed by atoms with Gasteiger partial charge >= 0.3 is 0 Å². The number of imide groups is 1. The highest BCUT2D eigenvalue weighted by Crippen LogP contribution is 2.43. The maximum atomic E-state index is 13.9. The average Bonchev–Trinajstić information content (AvgIpc) is 3.31. The van der Waals surface area contributed by atoms with Crippen molar-refractivity contribution < 1.29 is 9.59 Å². The normalized spacial score (nSPS) is 13.1. The molecule has 0 fully saturated rings. The molecule has 1 aromatic heterocycles. The smallest absolute Gasteiger partial charge is 0.267 e. The van der Waals surface area contributed by atoms with Crippen LogP contribution in [0, 0.1) is 27.7 Å². The van der Waals surface area contributed by atoms with Gasteiger partial charge in [-0.15, -0.1) is 0 Å². The zero-order chi connectivity index (χ0) is 26.9. The van der Waals surface area contributed by atoms with Gasteiger partial charge in [0.25, 0.3) is 11.8 Å². The van der Waals surface area contributed by atoms with Crippen LogP contribution in [0.4, 0.5) is 0 Å². The molecule has 1 aliphatic rings. The van der Waals surface area contributed by atoms with Crippen LogP contribution in [0.2, 0.25) is 10.0 Å². The minimum Gasteiger partial charge on any atom is -0.267 e. The highest BCUT2D eigenvalue weighted by Gasteiger charge is 2.41. The van der Waals surface area contributed by atoms with Crippen LogP contribution in [0.3, 0.4) is 0 Å². The largest absolute Gasteiger partial charge is 0.281 e. The first kappa shape index (κ1) is 24.5. The van der Waals surface area contributed by atoms with Crippen molar-refractivity contribution in [3.8, 4) is 22.5 Å². The number of carbonyl (C=O) groups is 2. The standard InChI is InChI=1S/C32H24Cl2N2O2/c1-17-5-9-21(10-6-17)29-23-13-19(3)20(4)14-24(23)30(22-11-7-18(2)8-12-22)35(29)36-31(37)25-15-27(33)28(34)16-26(25)32(36)38/h5-16H,1-4H3. The van der Waals surface area contributed by atoms with Crippen LogP contribution >= 0.6 is 23.2 Å². The number of amides is 2. The molecule has 2 heterocycles. The van der Waals surface area contributed by atoms with Gasteiger partial charge in [0.15, 0.2) is 0 Å². The summed E-state index contributed by atoms with van der Waals surface area (Å²) in [5.74, 6) is -0.891. The van der Waals surface area contributed by atoms with Gasteiger partial charge in [-0.2, -0.15) is 5.01 Å². The van der Waals surface area contributed by atoms with Crippen LogP contribution in [-0.2, 0) is 0 Å². The van der Waals surface area contributed by atoms with E-state index in [1.807, 2.05) is 62.4 Å². The number of hydrogen-bond donors (Lipinski definition) is 0. The molecule has 0 bridgehead atoms. The highest BCUT2D eigenvalue weighted by molar-refractivity contribution is 6.43. The molecular weight excluding hydrogens is 515 g/mol. The summed E-state index contributed by atoms with van der Waals surface area (Å²) in [5, 5.41) is 3.61. The van der Waals surface area contributed by atoms with E-state index < -0.39 is 11.8 Å². The number of benzene rings is 4. The second-order valence-electron chi connectivity index (χ2n) is 9.96. The Bertz CT molecular complexity index is 1670. The molecule has 6 rings (SSSR count). The Labute approximate surface area is 231 Å². The second-order valence-corrected chi connectivity index (χ2v) is 10.8. The molecule has 0 N–H and O–H groups in total. The summed E-state index contributed by atoms with van der Waals surface area (Å²) >= 11 is 12.5. The summed E-state index contributed by atoms with van der Waals surface area (Å²) in [7, 11) is 0. The fourth-order valence-corrected chi connectivity index (χ4v) is 5.46. The van der Waals surface area contributed by atoms with Crippen molar-refractivity contribution in [3.63, 3.8) is 0 Å². The quantitative estimate of drug-likeness (QED) is 0.216. The molecule has 38 heavy (non-hydrogen) atoms. The lowest BCUT2D eigenvalue weighted by molar-refractivity contribution is 0.0888. The van der Waals surface area contributed by atoms with Crippen LogP contribution in [0.5, 0.6) is 0 Å². The van der Waals surface area contributed by atoms with E-state index >= 15 is 0 Å². The number of hydrogen-bond acceptors (Lipinski definition) is 2. The van der Waals surface area contributed by atoms with Gasteiger partial charge in [-0.05, 0) is 63.1 Å². The van der Waals surface area contributed by atoms with E-state index in [9.17, 15) is 9.59 Å². The fourth-order valence-electron chi connectivity index (χ4n) is 5.13. The molecule has 188 valence electrons. The maximum absolute atomic E-state index is 13.9. The zero-order valence-electron chi connectivity index (χ0n) is 21.4. The van der Waals surface area contributed by atoms with Gasteiger partial charge in [-0.25, -0.2) is 4.68 Å². The summed E-state index contributed by atoms with van der Waals surface area (Å²) in [4.78, 5) is 27.9. The van der Waals surface area contributed by atoms with Crippen molar-refractivity contribution in [2.75, 3.05) is 5.01 Å². The lowest BCUT2D eigenvalue weighted by Gasteiger charge is -2.22. The van der Waals surface area contributed by atoms with E-state index in [-0.39, 0.29) is 21.2 Å². The second kappa shape index (κ2) is 8.87. The van der Waals surface area contributed by atoms with Crippen molar-refractivity contribution in [3.05, 3.63) is 116 Å². The third kappa shape index (κ3) is 3.67. The first-order valence-electron chi connectivity index (χ1n) is 12.3. The monoisotopic (exact) mass is 538 g/mol. The van der Waals surface area contributed by atoms with E-state index in [0.29, 0.717) is 0 Å². The van der Waals surface area contributed by atoms with Gasteiger partial charge < -0.3 is 0 Å². The van der Waals surface area contributed by atoms with Crippen LogP contribution < -0.4 is 5.01 Å². The number of nitrogens with zero attached hydrogens (tertiary/aromatic N) is 2. The van der Waals surface area contributed by atoms with Crippen LogP contribution in [-0.4, -0.2) is 16.5 Å². The van der Waals surface area contributed by atoms with Gasteiger partial charge in [0, 0.05) is 21.9 Å². The molecule has 2 amide bonds. The maximum Gasteiger partial charge on any atom is 0.281 e. The van der Waals surface area contributed by atoms with Crippen molar-refractivity contribution in [1.29, 1.82) is 0 Å². The van der Waals surface area contributed by atoms with Crippen molar-refractivity contribution in [2.24, 2.45) is 0 Å². The molecule has 4 aromatic carbocycles. The SMILES string of the molecule is Cc1ccc(-c2c3cc(C)c(C)cc3c(-c3ccc(C)cc3)n2N2C(=O)c3cc(Cl)c(Cl)cc3C2=O)cc1. The minimum absolute atomic E-state index is 0.231. The number of carbonyl (C=O) groups excluding carboxylic acids is 2. The minimum atomic E-state index is -0.445. The highest BCUT2D eigenvalue weighted by atomic mass is 35.5. The molecule has 0 atom stereocenters. The predicted molar refractivity (Wildman–Crippen MR) is 155 cm³/mol. The summed E-state index contributed by atoms with van der Waals surface area (Å²) in [6.07, 6.45) is 0. The van der Waals surface area contributed by atoms with Gasteiger partial charge in [0.05, 0.1) is 32.6 Å². The molecule has 4 nitrogen and oxygen atoms in total. The number of halogens is 2. The van der Waals surface area contributed by atoms with Gasteiger partial charge in [0.1, 0.15) is 0 Å². The van der Waals surface area contributed by atoms with E-state index in [1.165, 1.54) is 17.1 Å². The Hall–Kier alpha value is -3.86. The Morgan fingerprint density at radius 3 is 1.29 bits per heavy atom. The van der Waals surface area contributed by atoms with Gasteiger partial charge in [0.2, 0.25) is 0 Å². The first-order valence-corrected chi connectivity index (χ1v) is 13.1. The fraction of sp³-hybridized carbons (Fsp3) is 0.125. The van der Waals surface area contributed by atoms with Crippen LogP contribution in [0.15, 0.2) is 72.8 Å². The molecule has 6 heteroatoms. The summed E-state index contributed by atoms with van der Waals surface area (Å²) < 4.78 is 1.78. The number of aromatic nitrogens is 1. The van der Waals surface area contributed by atoms with Crippen LogP contribution in [0.25, 0.3) is 33.3 Å². The Balaban J connectivity index is 1.76.